The minimum atomic E-state index is -1.59. The predicted molar refractivity (Wildman–Crippen MR) is 110 cm³/mol. The normalized spacial score (nSPS) is 18.7. The molecule has 3 aromatic rings. The number of fused-ring (bicyclic) bond motifs is 1. The van der Waals surface area contributed by atoms with E-state index in [2.05, 4.69) is 5.32 Å². The second-order valence-corrected chi connectivity index (χ2v) is 7.87. The first-order valence-electron chi connectivity index (χ1n) is 9.49. The number of imide groups is 1. The second-order valence-electron chi connectivity index (χ2n) is 7.46. The van der Waals surface area contributed by atoms with Crippen molar-refractivity contribution in [3.8, 4) is 0 Å². The number of carbonyl (C=O) groups excluding carboxylic acids is 2. The van der Waals surface area contributed by atoms with Gasteiger partial charge in [-0.25, -0.2) is 18.4 Å². The van der Waals surface area contributed by atoms with E-state index in [4.69, 9.17) is 16.0 Å². The Morgan fingerprint density at radius 3 is 2.48 bits per heavy atom. The van der Waals surface area contributed by atoms with Gasteiger partial charge in [-0.1, -0.05) is 24.6 Å². The van der Waals surface area contributed by atoms with Crippen LogP contribution in [0.15, 0.2) is 45.6 Å². The summed E-state index contributed by atoms with van der Waals surface area (Å²) >= 11 is 6.30. The van der Waals surface area contributed by atoms with Crippen molar-refractivity contribution in [3.63, 3.8) is 0 Å². The molecule has 1 aliphatic heterocycles. The number of rotatable bonds is 4. The van der Waals surface area contributed by atoms with Crippen molar-refractivity contribution < 1.29 is 22.8 Å². The van der Waals surface area contributed by atoms with Crippen molar-refractivity contribution in [2.75, 3.05) is 0 Å². The van der Waals surface area contributed by atoms with Crippen LogP contribution in [0.3, 0.4) is 0 Å². The van der Waals surface area contributed by atoms with E-state index >= 15 is 0 Å². The van der Waals surface area contributed by atoms with Gasteiger partial charge < -0.3 is 9.73 Å². The highest BCUT2D eigenvalue weighted by Gasteiger charge is 2.49. The minimum absolute atomic E-state index is 0.0975. The summed E-state index contributed by atoms with van der Waals surface area (Å²) in [6.07, 6.45) is 0.627. The van der Waals surface area contributed by atoms with Crippen LogP contribution in [0.5, 0.6) is 0 Å². The molecule has 0 bridgehead atoms. The zero-order valence-corrected chi connectivity index (χ0v) is 17.3. The monoisotopic (exact) mass is 446 g/mol. The van der Waals surface area contributed by atoms with Gasteiger partial charge in [-0.15, -0.1) is 0 Å². The van der Waals surface area contributed by atoms with E-state index in [-0.39, 0.29) is 12.1 Å². The number of amides is 3. The van der Waals surface area contributed by atoms with Crippen LogP contribution < -0.4 is 10.9 Å². The molecule has 0 aliphatic carbocycles. The number of hydrogen-bond donors (Lipinski definition) is 1. The average molecular weight is 447 g/mol. The Balaban J connectivity index is 1.75. The Morgan fingerprint density at radius 2 is 1.81 bits per heavy atom. The Kier molecular flexibility index (Phi) is 5.05. The third-order valence-corrected chi connectivity index (χ3v) is 5.83. The van der Waals surface area contributed by atoms with Gasteiger partial charge in [0.25, 0.3) is 5.91 Å². The zero-order valence-electron chi connectivity index (χ0n) is 16.6. The molecule has 9 heteroatoms. The van der Waals surface area contributed by atoms with E-state index in [1.807, 2.05) is 6.92 Å². The lowest BCUT2D eigenvalue weighted by Gasteiger charge is -2.22. The number of nitrogens with zero attached hydrogens (tertiary/aromatic N) is 1. The van der Waals surface area contributed by atoms with Crippen molar-refractivity contribution >= 4 is 34.5 Å². The lowest BCUT2D eigenvalue weighted by molar-refractivity contribution is -0.131. The Hall–Kier alpha value is -3.26. The molecule has 2 aromatic carbocycles. The van der Waals surface area contributed by atoms with Crippen LogP contribution >= 0.6 is 11.6 Å². The van der Waals surface area contributed by atoms with Gasteiger partial charge in [0, 0.05) is 16.5 Å². The van der Waals surface area contributed by atoms with Gasteiger partial charge in [0.1, 0.15) is 11.1 Å². The molecule has 6 nitrogen and oxygen atoms in total. The van der Waals surface area contributed by atoms with Crippen molar-refractivity contribution in [3.05, 3.63) is 80.2 Å². The zero-order chi connectivity index (χ0) is 22.5. The van der Waals surface area contributed by atoms with Crippen LogP contribution in [0.2, 0.25) is 5.02 Å². The van der Waals surface area contributed by atoms with E-state index in [1.165, 1.54) is 19.1 Å². The van der Waals surface area contributed by atoms with Crippen molar-refractivity contribution in [1.29, 1.82) is 0 Å². The van der Waals surface area contributed by atoms with Crippen LogP contribution in [0.1, 0.15) is 30.5 Å². The molecule has 1 fully saturated rings. The molecule has 3 amide bonds. The number of nitrogens with one attached hydrogen (secondary N) is 1. The van der Waals surface area contributed by atoms with Crippen LogP contribution in [-0.2, 0) is 23.3 Å². The maximum Gasteiger partial charge on any atom is 0.336 e. The maximum absolute atomic E-state index is 13.7. The van der Waals surface area contributed by atoms with Gasteiger partial charge in [0.05, 0.1) is 6.54 Å². The largest absolute Gasteiger partial charge is 0.423 e. The van der Waals surface area contributed by atoms with Crippen LogP contribution in [0.25, 0.3) is 11.0 Å². The molecule has 4 rings (SSSR count). The lowest BCUT2D eigenvalue weighted by atomic mass is 9.92. The minimum Gasteiger partial charge on any atom is -0.423 e. The molecular weight excluding hydrogens is 430 g/mol. The molecule has 1 aliphatic rings. The molecule has 31 heavy (non-hydrogen) atoms. The molecule has 0 radical (unpaired) electrons. The number of urea groups is 1. The third-order valence-electron chi connectivity index (χ3n) is 5.48. The van der Waals surface area contributed by atoms with Gasteiger partial charge in [0.2, 0.25) is 0 Å². The van der Waals surface area contributed by atoms with Gasteiger partial charge in [-0.05, 0) is 54.3 Å². The van der Waals surface area contributed by atoms with E-state index in [1.54, 1.807) is 12.1 Å². The highest BCUT2D eigenvalue weighted by atomic mass is 35.5. The van der Waals surface area contributed by atoms with Gasteiger partial charge in [0.15, 0.2) is 11.6 Å². The molecule has 0 spiro atoms. The van der Waals surface area contributed by atoms with E-state index in [0.29, 0.717) is 28.0 Å². The van der Waals surface area contributed by atoms with Crippen LogP contribution in [-0.4, -0.2) is 16.8 Å². The first-order chi connectivity index (χ1) is 14.6. The summed E-state index contributed by atoms with van der Waals surface area (Å²) in [4.78, 5) is 38.7. The second kappa shape index (κ2) is 7.46. The SMILES string of the molecule is CCc1cc2oc(=O)cc(CN3C(=O)NC(C)(c4ccc(F)c(F)c4)C3=O)c2cc1Cl. The summed E-state index contributed by atoms with van der Waals surface area (Å²) in [5.74, 6) is -2.86. The number of benzene rings is 2. The summed E-state index contributed by atoms with van der Waals surface area (Å²) in [7, 11) is 0. The number of carbonyl (C=O) groups is 2. The number of hydrogen-bond acceptors (Lipinski definition) is 4. The van der Waals surface area contributed by atoms with E-state index < -0.39 is 34.7 Å². The molecule has 1 atom stereocenters. The fourth-order valence-corrected chi connectivity index (χ4v) is 4.00. The molecule has 1 N–H and O–H groups in total. The Morgan fingerprint density at radius 1 is 1.06 bits per heavy atom. The lowest BCUT2D eigenvalue weighted by Crippen LogP contribution is -2.41. The number of aryl methyl sites for hydroxylation is 1. The highest BCUT2D eigenvalue weighted by Crippen LogP contribution is 2.32. The fourth-order valence-electron chi connectivity index (χ4n) is 3.70. The van der Waals surface area contributed by atoms with Crippen LogP contribution in [0, 0.1) is 11.6 Å². The van der Waals surface area contributed by atoms with Gasteiger partial charge in [-0.2, -0.15) is 0 Å². The summed E-state index contributed by atoms with van der Waals surface area (Å²) in [6.45, 7) is 3.08. The molecular formula is C22H17ClF2N2O4. The molecule has 1 unspecified atom stereocenters. The molecule has 1 aromatic heterocycles. The molecule has 0 saturated carbocycles. The first kappa shape index (κ1) is 21.0. The smallest absolute Gasteiger partial charge is 0.336 e. The molecule has 1 saturated heterocycles. The molecule has 160 valence electrons. The maximum atomic E-state index is 13.7. The summed E-state index contributed by atoms with van der Waals surface area (Å²) in [5.41, 5.74) is -0.681. The Bertz CT molecular complexity index is 1310. The topological polar surface area (TPSA) is 79.6 Å². The van der Waals surface area contributed by atoms with Gasteiger partial charge in [-0.3, -0.25) is 9.69 Å². The predicted octanol–water partition coefficient (Wildman–Crippen LogP) is 4.25. The Labute approximate surface area is 180 Å². The third kappa shape index (κ3) is 3.46. The van der Waals surface area contributed by atoms with Crippen LogP contribution in [0.4, 0.5) is 13.6 Å². The van der Waals surface area contributed by atoms with E-state index in [9.17, 15) is 23.2 Å². The summed E-state index contributed by atoms with van der Waals surface area (Å²) in [5, 5.41) is 3.48. The van der Waals surface area contributed by atoms with Crippen molar-refractivity contribution in [2.45, 2.75) is 32.4 Å². The summed E-state index contributed by atoms with van der Waals surface area (Å²) in [6, 6.07) is 6.74. The number of halogens is 3. The van der Waals surface area contributed by atoms with Crippen molar-refractivity contribution in [2.24, 2.45) is 0 Å². The average Bonchev–Trinajstić information content (AvgIpc) is 2.94. The standard InChI is InChI=1S/C22H17ClF2N2O4/c1-3-11-6-18-14(9-15(11)23)12(7-19(28)31-18)10-27-20(29)22(2,26-21(27)30)13-4-5-16(24)17(25)8-13/h4-9H,3,10H2,1-2H3,(H,26,30). The quantitative estimate of drug-likeness (QED) is 0.480. The summed E-state index contributed by atoms with van der Waals surface area (Å²) < 4.78 is 32.3. The fraction of sp³-hybridized carbons (Fsp3) is 0.227. The highest BCUT2D eigenvalue weighted by molar-refractivity contribution is 6.32. The van der Waals surface area contributed by atoms with Crippen molar-refractivity contribution in [1.82, 2.24) is 10.2 Å². The molecule has 2 heterocycles. The van der Waals surface area contributed by atoms with Gasteiger partial charge >= 0.3 is 11.7 Å². The van der Waals surface area contributed by atoms with E-state index in [0.717, 1.165) is 22.6 Å². The first-order valence-corrected chi connectivity index (χ1v) is 9.86.